The number of imidazole rings is 1. The number of aromatic nitrogens is 4. The van der Waals surface area contributed by atoms with Gasteiger partial charge in [-0.3, -0.25) is 18.7 Å². The molecule has 130 valence electrons. The third kappa shape index (κ3) is 3.00. The lowest BCUT2D eigenvalue weighted by molar-refractivity contribution is -0.121. The molecule has 1 unspecified atom stereocenters. The van der Waals surface area contributed by atoms with E-state index in [-0.39, 0.29) is 17.5 Å². The average molecular weight is 333 g/mol. The normalized spacial score (nSPS) is 15.6. The number of hydrogen-bond acceptors (Lipinski definition) is 4. The lowest BCUT2D eigenvalue weighted by Gasteiger charge is -2.12. The monoisotopic (exact) mass is 333 g/mol. The Bertz CT molecular complexity index is 887. The van der Waals surface area contributed by atoms with Crippen molar-refractivity contribution < 1.29 is 4.79 Å². The number of aryl methyl sites for hydroxylation is 2. The first-order chi connectivity index (χ1) is 11.4. The molecule has 8 heteroatoms. The van der Waals surface area contributed by atoms with Crippen molar-refractivity contribution in [3.05, 3.63) is 27.2 Å². The summed E-state index contributed by atoms with van der Waals surface area (Å²) in [7, 11) is 3.04. The molecule has 0 radical (unpaired) electrons. The predicted octanol–water partition coefficient (Wildman–Crippen LogP) is 0.129. The molecular formula is C16H23N5O3. The van der Waals surface area contributed by atoms with Crippen molar-refractivity contribution in [2.24, 2.45) is 20.0 Å². The van der Waals surface area contributed by atoms with Crippen LogP contribution in [0.3, 0.4) is 0 Å². The van der Waals surface area contributed by atoms with Gasteiger partial charge in [0, 0.05) is 33.1 Å². The van der Waals surface area contributed by atoms with Crippen LogP contribution in [0.4, 0.5) is 0 Å². The van der Waals surface area contributed by atoms with Crippen LogP contribution < -0.4 is 16.6 Å². The molecule has 2 heterocycles. The summed E-state index contributed by atoms with van der Waals surface area (Å²) in [6.07, 6.45) is 4.97. The Hall–Kier alpha value is -2.38. The summed E-state index contributed by atoms with van der Waals surface area (Å²) in [6.45, 7) is 2.55. The van der Waals surface area contributed by atoms with Crippen LogP contribution in [0.25, 0.3) is 11.2 Å². The summed E-state index contributed by atoms with van der Waals surface area (Å²) in [5.41, 5.74) is 0.00450. The summed E-state index contributed by atoms with van der Waals surface area (Å²) in [4.78, 5) is 40.3. The number of carbonyl (C=O) groups excluding carboxylic acids is 1. The van der Waals surface area contributed by atoms with Gasteiger partial charge in [0.15, 0.2) is 11.2 Å². The van der Waals surface area contributed by atoms with Gasteiger partial charge in [-0.2, -0.15) is 0 Å². The van der Waals surface area contributed by atoms with Crippen molar-refractivity contribution in [3.63, 3.8) is 0 Å². The molecule has 0 spiro atoms. The fourth-order valence-corrected chi connectivity index (χ4v) is 3.02. The van der Waals surface area contributed by atoms with E-state index in [1.807, 2.05) is 6.92 Å². The highest BCUT2D eigenvalue weighted by molar-refractivity contribution is 5.76. The van der Waals surface area contributed by atoms with E-state index in [0.29, 0.717) is 36.5 Å². The maximum Gasteiger partial charge on any atom is 0.332 e. The van der Waals surface area contributed by atoms with E-state index < -0.39 is 5.69 Å². The standard InChI is InChI=1S/C16H23N5O3/c1-10(11-6-7-11)18-12(22)5-4-8-21-9-17-14-13(21)15(23)20(3)16(24)19(14)2/h9-11H,4-8H2,1-3H3,(H,18,22). The molecule has 0 aliphatic heterocycles. The summed E-state index contributed by atoms with van der Waals surface area (Å²) >= 11 is 0. The number of hydrogen-bond donors (Lipinski definition) is 1. The number of amides is 1. The molecule has 0 aromatic carbocycles. The van der Waals surface area contributed by atoms with E-state index >= 15 is 0 Å². The number of fused-ring (bicyclic) bond motifs is 1. The molecular weight excluding hydrogens is 310 g/mol. The number of nitrogens with zero attached hydrogens (tertiary/aromatic N) is 4. The molecule has 24 heavy (non-hydrogen) atoms. The fourth-order valence-electron chi connectivity index (χ4n) is 3.02. The van der Waals surface area contributed by atoms with Gasteiger partial charge in [-0.15, -0.1) is 0 Å². The molecule has 0 saturated heterocycles. The number of nitrogens with one attached hydrogen (secondary N) is 1. The quantitative estimate of drug-likeness (QED) is 0.813. The van der Waals surface area contributed by atoms with Crippen LogP contribution >= 0.6 is 0 Å². The second-order valence-corrected chi connectivity index (χ2v) is 6.61. The van der Waals surface area contributed by atoms with Gasteiger partial charge in [0.05, 0.1) is 6.33 Å². The highest BCUT2D eigenvalue weighted by Crippen LogP contribution is 2.32. The highest BCUT2D eigenvalue weighted by Gasteiger charge is 2.28. The molecule has 1 fully saturated rings. The third-order valence-corrected chi connectivity index (χ3v) is 4.74. The van der Waals surface area contributed by atoms with E-state index in [1.54, 1.807) is 17.9 Å². The van der Waals surface area contributed by atoms with Crippen molar-refractivity contribution >= 4 is 17.1 Å². The molecule has 1 saturated carbocycles. The lowest BCUT2D eigenvalue weighted by atomic mass is 10.2. The Balaban J connectivity index is 1.69. The van der Waals surface area contributed by atoms with Gasteiger partial charge in [-0.25, -0.2) is 9.78 Å². The molecule has 8 nitrogen and oxygen atoms in total. The van der Waals surface area contributed by atoms with E-state index in [4.69, 9.17) is 0 Å². The van der Waals surface area contributed by atoms with Gasteiger partial charge in [0.2, 0.25) is 5.91 Å². The topological polar surface area (TPSA) is 90.9 Å². The Kier molecular flexibility index (Phi) is 4.29. The minimum atomic E-state index is -0.397. The minimum Gasteiger partial charge on any atom is -0.353 e. The van der Waals surface area contributed by atoms with Crippen LogP contribution in [0.1, 0.15) is 32.6 Å². The maximum absolute atomic E-state index is 12.3. The van der Waals surface area contributed by atoms with Gasteiger partial charge < -0.3 is 9.88 Å². The van der Waals surface area contributed by atoms with Crippen molar-refractivity contribution in [1.29, 1.82) is 0 Å². The molecule has 1 N–H and O–H groups in total. The fraction of sp³-hybridized carbons (Fsp3) is 0.625. The molecule has 1 aliphatic rings. The molecule has 2 aromatic heterocycles. The first-order valence-electron chi connectivity index (χ1n) is 8.30. The summed E-state index contributed by atoms with van der Waals surface area (Å²) < 4.78 is 4.15. The molecule has 0 bridgehead atoms. The summed E-state index contributed by atoms with van der Waals surface area (Å²) in [5.74, 6) is 0.676. The van der Waals surface area contributed by atoms with Gasteiger partial charge >= 0.3 is 5.69 Å². The van der Waals surface area contributed by atoms with Crippen LogP contribution in [0.5, 0.6) is 0 Å². The van der Waals surface area contributed by atoms with Crippen LogP contribution in [0.2, 0.25) is 0 Å². The van der Waals surface area contributed by atoms with Crippen LogP contribution in [0, 0.1) is 5.92 Å². The zero-order chi connectivity index (χ0) is 17.4. The van der Waals surface area contributed by atoms with Crippen molar-refractivity contribution in [1.82, 2.24) is 24.0 Å². The average Bonchev–Trinajstić information content (AvgIpc) is 3.32. The molecule has 2 aromatic rings. The van der Waals surface area contributed by atoms with E-state index in [0.717, 1.165) is 4.57 Å². The molecule has 1 aliphatic carbocycles. The predicted molar refractivity (Wildman–Crippen MR) is 89.8 cm³/mol. The Morgan fingerprint density at radius 3 is 2.71 bits per heavy atom. The SMILES string of the molecule is CC(NC(=O)CCCn1cnc2c1c(=O)n(C)c(=O)n2C)C1CC1. The van der Waals surface area contributed by atoms with Gasteiger partial charge in [0.1, 0.15) is 0 Å². The zero-order valence-electron chi connectivity index (χ0n) is 14.3. The second kappa shape index (κ2) is 6.26. The van der Waals surface area contributed by atoms with Crippen LogP contribution in [0.15, 0.2) is 15.9 Å². The smallest absolute Gasteiger partial charge is 0.332 e. The third-order valence-electron chi connectivity index (χ3n) is 4.74. The molecule has 1 amide bonds. The lowest BCUT2D eigenvalue weighted by Crippen LogP contribution is -2.37. The first-order valence-corrected chi connectivity index (χ1v) is 8.30. The molecule has 3 rings (SSSR count). The van der Waals surface area contributed by atoms with Crippen molar-refractivity contribution in [2.75, 3.05) is 0 Å². The number of carbonyl (C=O) groups is 1. The van der Waals surface area contributed by atoms with E-state index in [9.17, 15) is 14.4 Å². The summed E-state index contributed by atoms with van der Waals surface area (Å²) in [5, 5.41) is 3.02. The Morgan fingerprint density at radius 2 is 2.04 bits per heavy atom. The van der Waals surface area contributed by atoms with Crippen LogP contribution in [-0.4, -0.2) is 30.6 Å². The van der Waals surface area contributed by atoms with Gasteiger partial charge in [-0.05, 0) is 32.1 Å². The molecule has 1 atom stereocenters. The van der Waals surface area contributed by atoms with Crippen LogP contribution in [-0.2, 0) is 25.4 Å². The first kappa shape index (κ1) is 16.5. The van der Waals surface area contributed by atoms with Gasteiger partial charge in [-0.1, -0.05) is 0 Å². The van der Waals surface area contributed by atoms with E-state index in [2.05, 4.69) is 10.3 Å². The maximum atomic E-state index is 12.3. The van der Waals surface area contributed by atoms with Crippen molar-refractivity contribution in [3.8, 4) is 0 Å². The Morgan fingerprint density at radius 1 is 1.33 bits per heavy atom. The zero-order valence-corrected chi connectivity index (χ0v) is 14.3. The highest BCUT2D eigenvalue weighted by atomic mass is 16.2. The van der Waals surface area contributed by atoms with Crippen molar-refractivity contribution in [2.45, 2.75) is 45.2 Å². The minimum absolute atomic E-state index is 0.0409. The summed E-state index contributed by atoms with van der Waals surface area (Å²) in [6, 6.07) is 0.244. The number of rotatable bonds is 6. The second-order valence-electron chi connectivity index (χ2n) is 6.61. The Labute approximate surface area is 139 Å². The largest absolute Gasteiger partial charge is 0.353 e. The van der Waals surface area contributed by atoms with E-state index in [1.165, 1.54) is 24.5 Å². The van der Waals surface area contributed by atoms with Gasteiger partial charge in [0.25, 0.3) is 5.56 Å².